The van der Waals surface area contributed by atoms with Crippen molar-refractivity contribution in [1.29, 1.82) is 0 Å². The summed E-state index contributed by atoms with van der Waals surface area (Å²) in [6, 6.07) is 12.5. The third-order valence-electron chi connectivity index (χ3n) is 4.08. The van der Waals surface area contributed by atoms with E-state index in [0.717, 1.165) is 23.5 Å². The van der Waals surface area contributed by atoms with Gasteiger partial charge in [0.15, 0.2) is 17.5 Å². The first-order valence-corrected chi connectivity index (χ1v) is 8.80. The van der Waals surface area contributed by atoms with E-state index in [-0.39, 0.29) is 47.9 Å². The van der Waals surface area contributed by atoms with Crippen LogP contribution >= 0.6 is 24.0 Å². The fourth-order valence-corrected chi connectivity index (χ4v) is 2.75. The number of nitro benzene ring substituents is 1. The molecule has 150 valence electrons. The van der Waals surface area contributed by atoms with Gasteiger partial charge in [-0.3, -0.25) is 10.1 Å². The zero-order valence-electron chi connectivity index (χ0n) is 15.5. The minimum absolute atomic E-state index is 0. The van der Waals surface area contributed by atoms with E-state index in [2.05, 4.69) is 15.6 Å². The number of aliphatic imine (C=N–C) groups is 1. The number of nitrogens with one attached hydrogen (secondary N) is 2. The summed E-state index contributed by atoms with van der Waals surface area (Å²) >= 11 is 0. The summed E-state index contributed by atoms with van der Waals surface area (Å²) in [6.07, 6.45) is 0.784. The van der Waals surface area contributed by atoms with Gasteiger partial charge in [-0.05, 0) is 31.0 Å². The van der Waals surface area contributed by atoms with Crippen molar-refractivity contribution in [3.8, 4) is 11.5 Å². The van der Waals surface area contributed by atoms with Gasteiger partial charge in [0.2, 0.25) is 6.79 Å². The SMILES string of the molecule is CCNC(=NCc1ccccc1[N+](=O)[O-])NCCc1ccc2c(c1)OCO2.I. The Morgan fingerprint density at radius 2 is 1.96 bits per heavy atom. The van der Waals surface area contributed by atoms with Crippen LogP contribution in [0.4, 0.5) is 5.69 Å². The minimum atomic E-state index is -0.384. The minimum Gasteiger partial charge on any atom is -0.454 e. The van der Waals surface area contributed by atoms with E-state index in [0.29, 0.717) is 24.6 Å². The molecule has 0 amide bonds. The molecule has 3 rings (SSSR count). The summed E-state index contributed by atoms with van der Waals surface area (Å²) in [4.78, 5) is 15.2. The molecule has 0 saturated carbocycles. The number of para-hydroxylation sites is 1. The molecule has 8 nitrogen and oxygen atoms in total. The van der Waals surface area contributed by atoms with Crippen LogP contribution in [-0.2, 0) is 13.0 Å². The molecular formula is C19H23IN4O4. The number of rotatable bonds is 7. The zero-order chi connectivity index (χ0) is 19.1. The summed E-state index contributed by atoms with van der Waals surface area (Å²) in [6.45, 7) is 3.84. The highest BCUT2D eigenvalue weighted by molar-refractivity contribution is 14.0. The Morgan fingerprint density at radius 3 is 2.75 bits per heavy atom. The van der Waals surface area contributed by atoms with Gasteiger partial charge in [0.1, 0.15) is 0 Å². The van der Waals surface area contributed by atoms with E-state index >= 15 is 0 Å². The highest BCUT2D eigenvalue weighted by Crippen LogP contribution is 2.32. The summed E-state index contributed by atoms with van der Waals surface area (Å²) in [5.74, 6) is 2.16. The Hall–Kier alpha value is -2.56. The molecule has 0 radical (unpaired) electrons. The summed E-state index contributed by atoms with van der Waals surface area (Å²) < 4.78 is 10.7. The lowest BCUT2D eigenvalue weighted by Gasteiger charge is -2.11. The van der Waals surface area contributed by atoms with Gasteiger partial charge in [0.05, 0.1) is 17.0 Å². The number of hydrogen-bond acceptors (Lipinski definition) is 5. The predicted octanol–water partition coefficient (Wildman–Crippen LogP) is 3.24. The van der Waals surface area contributed by atoms with Gasteiger partial charge in [-0.15, -0.1) is 24.0 Å². The maximum Gasteiger partial charge on any atom is 0.274 e. The van der Waals surface area contributed by atoms with Crippen LogP contribution in [-0.4, -0.2) is 30.8 Å². The van der Waals surface area contributed by atoms with E-state index in [1.807, 2.05) is 25.1 Å². The van der Waals surface area contributed by atoms with Gasteiger partial charge in [0, 0.05) is 19.2 Å². The molecule has 0 atom stereocenters. The number of nitro groups is 1. The number of fused-ring (bicyclic) bond motifs is 1. The van der Waals surface area contributed by atoms with Crippen LogP contribution in [0.1, 0.15) is 18.1 Å². The lowest BCUT2D eigenvalue weighted by molar-refractivity contribution is -0.385. The molecule has 0 fully saturated rings. The van der Waals surface area contributed by atoms with E-state index in [4.69, 9.17) is 9.47 Å². The summed E-state index contributed by atoms with van der Waals surface area (Å²) in [5.41, 5.74) is 1.79. The number of nitrogens with zero attached hydrogens (tertiary/aromatic N) is 2. The lowest BCUT2D eigenvalue weighted by atomic mass is 10.1. The highest BCUT2D eigenvalue weighted by Gasteiger charge is 2.13. The van der Waals surface area contributed by atoms with Crippen LogP contribution in [0.2, 0.25) is 0 Å². The van der Waals surface area contributed by atoms with Gasteiger partial charge < -0.3 is 20.1 Å². The Kier molecular flexibility index (Phi) is 8.30. The molecule has 28 heavy (non-hydrogen) atoms. The number of halogens is 1. The average Bonchev–Trinajstić information content (AvgIpc) is 3.14. The second kappa shape index (κ2) is 10.7. The molecule has 1 aliphatic rings. The fourth-order valence-electron chi connectivity index (χ4n) is 2.75. The van der Waals surface area contributed by atoms with Gasteiger partial charge >= 0.3 is 0 Å². The third-order valence-corrected chi connectivity index (χ3v) is 4.08. The van der Waals surface area contributed by atoms with Crippen LogP contribution < -0.4 is 20.1 Å². The second-order valence-electron chi connectivity index (χ2n) is 5.95. The monoisotopic (exact) mass is 498 g/mol. The molecule has 9 heteroatoms. The van der Waals surface area contributed by atoms with Crippen molar-refractivity contribution in [3.63, 3.8) is 0 Å². The molecule has 0 spiro atoms. The fraction of sp³-hybridized carbons (Fsp3) is 0.316. The molecule has 2 N–H and O–H groups in total. The smallest absolute Gasteiger partial charge is 0.274 e. The van der Waals surface area contributed by atoms with Crippen molar-refractivity contribution < 1.29 is 14.4 Å². The highest BCUT2D eigenvalue weighted by atomic mass is 127. The molecule has 2 aromatic carbocycles. The van der Waals surface area contributed by atoms with Crippen molar-refractivity contribution >= 4 is 35.6 Å². The largest absolute Gasteiger partial charge is 0.454 e. The van der Waals surface area contributed by atoms with Crippen LogP contribution in [0, 0.1) is 10.1 Å². The molecule has 0 saturated heterocycles. The van der Waals surface area contributed by atoms with Crippen molar-refractivity contribution in [3.05, 3.63) is 63.7 Å². The maximum absolute atomic E-state index is 11.1. The van der Waals surface area contributed by atoms with Crippen LogP contribution in [0.25, 0.3) is 0 Å². The number of benzene rings is 2. The second-order valence-corrected chi connectivity index (χ2v) is 5.95. The van der Waals surface area contributed by atoms with Crippen molar-refractivity contribution in [2.75, 3.05) is 19.9 Å². The molecule has 0 unspecified atom stereocenters. The summed E-state index contributed by atoms with van der Waals surface area (Å²) in [5, 5.41) is 17.5. The van der Waals surface area contributed by atoms with Gasteiger partial charge in [-0.25, -0.2) is 4.99 Å². The van der Waals surface area contributed by atoms with E-state index in [1.54, 1.807) is 18.2 Å². The quantitative estimate of drug-likeness (QED) is 0.200. The molecule has 0 bridgehead atoms. The molecule has 0 aliphatic carbocycles. The first kappa shape index (κ1) is 21.7. The van der Waals surface area contributed by atoms with Crippen molar-refractivity contribution in [1.82, 2.24) is 10.6 Å². The first-order valence-electron chi connectivity index (χ1n) is 8.80. The molecule has 1 heterocycles. The van der Waals surface area contributed by atoms with Gasteiger partial charge in [0.25, 0.3) is 5.69 Å². The van der Waals surface area contributed by atoms with Crippen molar-refractivity contribution in [2.45, 2.75) is 19.9 Å². The maximum atomic E-state index is 11.1. The van der Waals surface area contributed by atoms with Crippen LogP contribution in [0.15, 0.2) is 47.5 Å². The van der Waals surface area contributed by atoms with E-state index < -0.39 is 0 Å². The average molecular weight is 498 g/mol. The Morgan fingerprint density at radius 1 is 1.18 bits per heavy atom. The van der Waals surface area contributed by atoms with E-state index in [9.17, 15) is 10.1 Å². The Balaban J connectivity index is 0.00000280. The Labute approximate surface area is 180 Å². The Bertz CT molecular complexity index is 844. The molecule has 1 aliphatic heterocycles. The third kappa shape index (κ3) is 5.72. The predicted molar refractivity (Wildman–Crippen MR) is 118 cm³/mol. The molecule has 2 aromatic rings. The summed E-state index contributed by atoms with van der Waals surface area (Å²) in [7, 11) is 0. The molecule has 0 aromatic heterocycles. The molecular weight excluding hydrogens is 475 g/mol. The van der Waals surface area contributed by atoms with Gasteiger partial charge in [-0.2, -0.15) is 0 Å². The lowest BCUT2D eigenvalue weighted by Crippen LogP contribution is -2.38. The van der Waals surface area contributed by atoms with Crippen LogP contribution in [0.5, 0.6) is 11.5 Å². The normalized spacial score (nSPS) is 12.2. The topological polar surface area (TPSA) is 98.0 Å². The number of ether oxygens (including phenoxy) is 2. The van der Waals surface area contributed by atoms with Gasteiger partial charge in [-0.1, -0.05) is 24.3 Å². The zero-order valence-corrected chi connectivity index (χ0v) is 17.8. The number of guanidine groups is 1. The standard InChI is InChI=1S/C19H22N4O4.HI/c1-2-20-19(22-12-15-5-3-4-6-16(15)23(24)25)21-10-9-14-7-8-17-18(11-14)27-13-26-17;/h3-8,11H,2,9-10,12-13H2,1H3,(H2,20,21,22);1H. The van der Waals surface area contributed by atoms with Crippen molar-refractivity contribution in [2.24, 2.45) is 4.99 Å². The number of hydrogen-bond donors (Lipinski definition) is 2. The first-order chi connectivity index (χ1) is 13.2. The van der Waals surface area contributed by atoms with Crippen LogP contribution in [0.3, 0.4) is 0 Å². The van der Waals surface area contributed by atoms with E-state index in [1.165, 1.54) is 6.07 Å².